The minimum Gasteiger partial charge on any atom is -0.399 e. The van der Waals surface area contributed by atoms with Gasteiger partial charge in [0.25, 0.3) is 0 Å². The minimum absolute atomic E-state index is 0.603. The highest BCUT2D eigenvalue weighted by atomic mass is 14.8. The van der Waals surface area contributed by atoms with Gasteiger partial charge in [-0.2, -0.15) is 0 Å². The third-order valence-electron chi connectivity index (χ3n) is 3.98. The zero-order chi connectivity index (χ0) is 17.9. The summed E-state index contributed by atoms with van der Waals surface area (Å²) >= 11 is 0. The van der Waals surface area contributed by atoms with E-state index in [-0.39, 0.29) is 0 Å². The Morgan fingerprint density at radius 1 is 0.615 bits per heavy atom. The van der Waals surface area contributed by atoms with Crippen LogP contribution >= 0.6 is 0 Å². The molecule has 0 aliphatic rings. The molecule has 126 valence electrons. The van der Waals surface area contributed by atoms with Gasteiger partial charge in [0.15, 0.2) is 0 Å². The molecule has 6 heteroatoms. The molecule has 0 saturated carbocycles. The summed E-state index contributed by atoms with van der Waals surface area (Å²) in [7, 11) is 0. The lowest BCUT2D eigenvalue weighted by Gasteiger charge is -2.08. The van der Waals surface area contributed by atoms with E-state index in [1.165, 1.54) is 0 Å². The maximum absolute atomic E-state index is 6.24. The lowest BCUT2D eigenvalue weighted by atomic mass is 10.1. The van der Waals surface area contributed by atoms with Crippen molar-refractivity contribution in [2.24, 2.45) is 0 Å². The smallest absolute Gasteiger partial charge is 0.0907 e. The predicted octanol–water partition coefficient (Wildman–Crippen LogP) is 3.43. The summed E-state index contributed by atoms with van der Waals surface area (Å²) < 4.78 is 0. The van der Waals surface area contributed by atoms with Crippen molar-refractivity contribution in [3.8, 4) is 33.9 Å². The van der Waals surface area contributed by atoms with Crippen LogP contribution in [-0.4, -0.2) is 19.9 Å². The van der Waals surface area contributed by atoms with Crippen LogP contribution < -0.4 is 11.5 Å². The van der Waals surface area contributed by atoms with Crippen molar-refractivity contribution in [2.75, 3.05) is 11.5 Å². The second-order valence-electron chi connectivity index (χ2n) is 5.78. The van der Waals surface area contributed by atoms with Gasteiger partial charge in [0.2, 0.25) is 0 Å². The molecule has 4 heterocycles. The summed E-state index contributed by atoms with van der Waals surface area (Å²) in [5, 5.41) is 0. The first-order valence-corrected chi connectivity index (χ1v) is 8.06. The van der Waals surface area contributed by atoms with E-state index in [9.17, 15) is 0 Å². The van der Waals surface area contributed by atoms with Gasteiger partial charge in [0, 0.05) is 47.3 Å². The number of hydrogen-bond donors (Lipinski definition) is 2. The molecule has 4 N–H and O–H groups in total. The summed E-state index contributed by atoms with van der Waals surface area (Å²) in [6, 6.07) is 14.9. The van der Waals surface area contributed by atoms with E-state index in [4.69, 9.17) is 11.5 Å². The minimum atomic E-state index is 0.603. The molecule has 0 amide bonds. The Labute approximate surface area is 150 Å². The van der Waals surface area contributed by atoms with Gasteiger partial charge in [0.1, 0.15) is 0 Å². The van der Waals surface area contributed by atoms with Crippen molar-refractivity contribution < 1.29 is 0 Å². The van der Waals surface area contributed by atoms with Crippen LogP contribution in [-0.2, 0) is 0 Å². The van der Waals surface area contributed by atoms with E-state index < -0.39 is 0 Å². The second kappa shape index (κ2) is 6.60. The molecule has 4 aromatic heterocycles. The number of pyridine rings is 4. The van der Waals surface area contributed by atoms with Gasteiger partial charge in [-0.05, 0) is 36.4 Å². The Kier molecular flexibility index (Phi) is 3.99. The van der Waals surface area contributed by atoms with Crippen LogP contribution in [0.15, 0.2) is 73.3 Å². The number of anilines is 2. The number of nitrogen functional groups attached to an aromatic ring is 2. The van der Waals surface area contributed by atoms with E-state index in [1.54, 1.807) is 43.0 Å². The molecule has 0 radical (unpaired) electrons. The number of nitrogens with two attached hydrogens (primary N) is 2. The lowest BCUT2D eigenvalue weighted by molar-refractivity contribution is 1.23. The number of aromatic nitrogens is 4. The number of hydrogen-bond acceptors (Lipinski definition) is 6. The molecule has 6 nitrogen and oxygen atoms in total. The third-order valence-corrected chi connectivity index (χ3v) is 3.98. The van der Waals surface area contributed by atoms with Crippen LogP contribution in [0.4, 0.5) is 11.4 Å². The van der Waals surface area contributed by atoms with Crippen LogP contribution in [0.3, 0.4) is 0 Å². The van der Waals surface area contributed by atoms with E-state index >= 15 is 0 Å². The summed E-state index contributed by atoms with van der Waals surface area (Å²) in [4.78, 5) is 17.5. The zero-order valence-corrected chi connectivity index (χ0v) is 13.9. The standard InChI is InChI=1S/C20H16N6/c21-14-6-8-24-19(9-14)20-10-16(22)15(12-26-20)13-4-5-18(25-11-13)17-3-1-2-7-23-17/h1-12H,(H2,21,24)(H2,22,26). The summed E-state index contributed by atoms with van der Waals surface area (Å²) in [5.74, 6) is 0. The molecule has 0 atom stereocenters. The van der Waals surface area contributed by atoms with Crippen molar-refractivity contribution in [2.45, 2.75) is 0 Å². The quantitative estimate of drug-likeness (QED) is 0.592. The largest absolute Gasteiger partial charge is 0.399 e. The van der Waals surface area contributed by atoms with Gasteiger partial charge in [-0.15, -0.1) is 0 Å². The Morgan fingerprint density at radius 3 is 2.08 bits per heavy atom. The van der Waals surface area contributed by atoms with Crippen molar-refractivity contribution in [1.29, 1.82) is 0 Å². The molecule has 0 bridgehead atoms. The number of nitrogens with zero attached hydrogens (tertiary/aromatic N) is 4. The van der Waals surface area contributed by atoms with Crippen LogP contribution in [0.1, 0.15) is 0 Å². The maximum Gasteiger partial charge on any atom is 0.0907 e. The second-order valence-corrected chi connectivity index (χ2v) is 5.78. The maximum atomic E-state index is 6.24. The summed E-state index contributed by atoms with van der Waals surface area (Å²) in [5.41, 5.74) is 18.0. The monoisotopic (exact) mass is 340 g/mol. The van der Waals surface area contributed by atoms with E-state index in [2.05, 4.69) is 19.9 Å². The molecule has 0 aromatic carbocycles. The Bertz CT molecular complexity index is 1050. The van der Waals surface area contributed by atoms with Crippen LogP contribution in [0, 0.1) is 0 Å². The molecule has 0 aliphatic carbocycles. The fourth-order valence-corrected chi connectivity index (χ4v) is 2.66. The first kappa shape index (κ1) is 15.7. The highest BCUT2D eigenvalue weighted by Gasteiger charge is 2.09. The van der Waals surface area contributed by atoms with Crippen LogP contribution in [0.2, 0.25) is 0 Å². The first-order valence-electron chi connectivity index (χ1n) is 8.06. The fourth-order valence-electron chi connectivity index (χ4n) is 2.66. The molecular formula is C20H16N6. The Balaban J connectivity index is 1.66. The van der Waals surface area contributed by atoms with E-state index in [0.717, 1.165) is 22.5 Å². The van der Waals surface area contributed by atoms with E-state index in [1.807, 2.05) is 30.3 Å². The Hall–Kier alpha value is -3.80. The van der Waals surface area contributed by atoms with Gasteiger partial charge in [-0.1, -0.05) is 12.1 Å². The average molecular weight is 340 g/mol. The van der Waals surface area contributed by atoms with Gasteiger partial charge in [-0.3, -0.25) is 19.9 Å². The van der Waals surface area contributed by atoms with Crippen LogP contribution in [0.5, 0.6) is 0 Å². The first-order chi connectivity index (χ1) is 12.7. The van der Waals surface area contributed by atoms with Gasteiger partial charge < -0.3 is 11.5 Å². The normalized spacial score (nSPS) is 10.6. The Morgan fingerprint density at radius 2 is 1.38 bits per heavy atom. The molecule has 0 aliphatic heterocycles. The molecule has 0 saturated heterocycles. The molecule has 0 fully saturated rings. The van der Waals surface area contributed by atoms with Crippen molar-refractivity contribution in [1.82, 2.24) is 19.9 Å². The highest BCUT2D eigenvalue weighted by molar-refractivity contribution is 5.78. The molecule has 0 unspecified atom stereocenters. The van der Waals surface area contributed by atoms with Gasteiger partial charge in [-0.25, -0.2) is 0 Å². The van der Waals surface area contributed by atoms with Crippen molar-refractivity contribution in [3.63, 3.8) is 0 Å². The SMILES string of the molecule is Nc1ccnc(-c2cc(N)c(-c3ccc(-c4ccccn4)nc3)cn2)c1. The molecule has 4 rings (SSSR count). The molecule has 0 spiro atoms. The van der Waals surface area contributed by atoms with E-state index in [0.29, 0.717) is 22.8 Å². The van der Waals surface area contributed by atoms with Crippen molar-refractivity contribution in [3.05, 3.63) is 73.3 Å². The zero-order valence-electron chi connectivity index (χ0n) is 13.9. The lowest BCUT2D eigenvalue weighted by Crippen LogP contribution is -1.96. The summed E-state index contributed by atoms with van der Waals surface area (Å²) in [6.45, 7) is 0. The summed E-state index contributed by atoms with van der Waals surface area (Å²) in [6.07, 6.45) is 6.90. The fraction of sp³-hybridized carbons (Fsp3) is 0. The predicted molar refractivity (Wildman–Crippen MR) is 103 cm³/mol. The topological polar surface area (TPSA) is 104 Å². The highest BCUT2D eigenvalue weighted by Crippen LogP contribution is 2.29. The van der Waals surface area contributed by atoms with Gasteiger partial charge in [0.05, 0.1) is 22.8 Å². The number of rotatable bonds is 3. The van der Waals surface area contributed by atoms with Gasteiger partial charge >= 0.3 is 0 Å². The molecular weight excluding hydrogens is 324 g/mol. The van der Waals surface area contributed by atoms with Crippen LogP contribution in [0.25, 0.3) is 33.9 Å². The van der Waals surface area contributed by atoms with Crippen molar-refractivity contribution >= 4 is 11.4 Å². The molecule has 26 heavy (non-hydrogen) atoms. The molecule has 4 aromatic rings. The average Bonchev–Trinajstić information content (AvgIpc) is 2.69. The third kappa shape index (κ3) is 3.08.